The van der Waals surface area contributed by atoms with Gasteiger partial charge in [-0.3, -0.25) is 14.3 Å². The normalized spacial score (nSPS) is 14.7. The number of fused-ring (bicyclic) bond motifs is 3. The molecule has 0 bridgehead atoms. The Balaban J connectivity index is 1.49. The lowest BCUT2D eigenvalue weighted by atomic mass is 9.88. The third kappa shape index (κ3) is 3.53. The summed E-state index contributed by atoms with van der Waals surface area (Å²) in [4.78, 5) is 26.2. The molecule has 1 aliphatic rings. The van der Waals surface area contributed by atoms with Gasteiger partial charge in [-0.05, 0) is 49.6 Å². The molecular formula is C27H27N3O4. The van der Waals surface area contributed by atoms with Gasteiger partial charge in [-0.15, -0.1) is 0 Å². The summed E-state index contributed by atoms with van der Waals surface area (Å²) in [6.07, 6.45) is 1.47. The third-order valence-electron chi connectivity index (χ3n) is 6.78. The Hall–Kier alpha value is -4.00. The third-order valence-corrected chi connectivity index (χ3v) is 6.78. The molecule has 7 heteroatoms. The highest BCUT2D eigenvalue weighted by Gasteiger charge is 2.41. The molecule has 5 rings (SSSR count). The van der Waals surface area contributed by atoms with Crippen LogP contribution in [0.4, 0.5) is 4.79 Å². The van der Waals surface area contributed by atoms with Crippen LogP contribution in [0.3, 0.4) is 0 Å². The summed E-state index contributed by atoms with van der Waals surface area (Å²) >= 11 is 0. The van der Waals surface area contributed by atoms with Gasteiger partial charge in [0.15, 0.2) is 0 Å². The van der Waals surface area contributed by atoms with Gasteiger partial charge in [-0.2, -0.15) is 0 Å². The van der Waals surface area contributed by atoms with Crippen molar-refractivity contribution < 1.29 is 14.6 Å². The summed E-state index contributed by atoms with van der Waals surface area (Å²) in [5.41, 5.74) is 4.09. The number of pyridine rings is 1. The second-order valence-electron chi connectivity index (χ2n) is 9.18. The fraction of sp³-hybridized carbons (Fsp3) is 0.259. The Labute approximate surface area is 197 Å². The molecule has 0 radical (unpaired) electrons. The van der Waals surface area contributed by atoms with Crippen molar-refractivity contribution in [1.82, 2.24) is 14.0 Å². The SMILES string of the molecule is Cn1c2c(c3ccc(-n4ccc(OCc5ccccc5)cc4=O)cc31)CCN(C(=O)O)C2(C)C. The lowest BCUT2D eigenvalue weighted by Gasteiger charge is -2.41. The summed E-state index contributed by atoms with van der Waals surface area (Å²) in [6, 6.07) is 19.1. The summed E-state index contributed by atoms with van der Waals surface area (Å²) in [6.45, 7) is 4.74. The molecule has 0 spiro atoms. The highest BCUT2D eigenvalue weighted by atomic mass is 16.5. The van der Waals surface area contributed by atoms with E-state index in [0.29, 0.717) is 25.3 Å². The summed E-state index contributed by atoms with van der Waals surface area (Å²) in [7, 11) is 1.96. The Kier molecular flexibility index (Phi) is 5.20. The first-order valence-electron chi connectivity index (χ1n) is 11.3. The molecule has 2 aromatic carbocycles. The van der Waals surface area contributed by atoms with Crippen LogP contribution < -0.4 is 10.3 Å². The zero-order valence-electron chi connectivity index (χ0n) is 19.5. The van der Waals surface area contributed by atoms with Crippen LogP contribution >= 0.6 is 0 Å². The van der Waals surface area contributed by atoms with E-state index in [1.165, 1.54) is 16.5 Å². The van der Waals surface area contributed by atoms with E-state index in [-0.39, 0.29) is 5.56 Å². The average molecular weight is 458 g/mol. The zero-order valence-corrected chi connectivity index (χ0v) is 19.5. The number of hydrogen-bond acceptors (Lipinski definition) is 3. The summed E-state index contributed by atoms with van der Waals surface area (Å²) < 4.78 is 9.44. The van der Waals surface area contributed by atoms with Crippen molar-refractivity contribution in [1.29, 1.82) is 0 Å². The fourth-order valence-electron chi connectivity index (χ4n) is 5.16. The maximum atomic E-state index is 12.9. The van der Waals surface area contributed by atoms with E-state index < -0.39 is 11.6 Å². The highest BCUT2D eigenvalue weighted by molar-refractivity contribution is 5.88. The van der Waals surface area contributed by atoms with Crippen LogP contribution in [0, 0.1) is 0 Å². The molecule has 1 amide bonds. The largest absolute Gasteiger partial charge is 0.489 e. The predicted molar refractivity (Wildman–Crippen MR) is 131 cm³/mol. The predicted octanol–water partition coefficient (Wildman–Crippen LogP) is 4.68. The van der Waals surface area contributed by atoms with Crippen LogP contribution in [-0.4, -0.2) is 31.8 Å². The number of aromatic nitrogens is 2. The van der Waals surface area contributed by atoms with Crippen LogP contribution in [0.1, 0.15) is 30.7 Å². The Morgan fingerprint density at radius 3 is 2.56 bits per heavy atom. The number of carboxylic acid groups (broad SMARTS) is 1. The summed E-state index contributed by atoms with van der Waals surface area (Å²) in [5, 5.41) is 10.8. The van der Waals surface area contributed by atoms with Crippen molar-refractivity contribution in [3.05, 3.63) is 94.0 Å². The fourth-order valence-corrected chi connectivity index (χ4v) is 5.16. The Morgan fingerprint density at radius 1 is 1.09 bits per heavy atom. The second-order valence-corrected chi connectivity index (χ2v) is 9.18. The van der Waals surface area contributed by atoms with Crippen molar-refractivity contribution in [2.24, 2.45) is 7.05 Å². The maximum Gasteiger partial charge on any atom is 0.408 e. The van der Waals surface area contributed by atoms with Crippen LogP contribution in [0.5, 0.6) is 5.75 Å². The van der Waals surface area contributed by atoms with E-state index in [9.17, 15) is 14.7 Å². The molecule has 3 heterocycles. The van der Waals surface area contributed by atoms with Gasteiger partial charge in [0.2, 0.25) is 0 Å². The van der Waals surface area contributed by atoms with Crippen LogP contribution in [0.15, 0.2) is 71.7 Å². The smallest absolute Gasteiger partial charge is 0.408 e. The van der Waals surface area contributed by atoms with Crippen molar-refractivity contribution in [2.45, 2.75) is 32.4 Å². The molecule has 0 unspecified atom stereocenters. The van der Waals surface area contributed by atoms with Gasteiger partial charge in [0.25, 0.3) is 5.56 Å². The number of amides is 1. The molecule has 1 N–H and O–H groups in total. The number of rotatable bonds is 4. The van der Waals surface area contributed by atoms with E-state index in [1.807, 2.05) is 69.4 Å². The molecule has 0 saturated heterocycles. The van der Waals surface area contributed by atoms with Crippen molar-refractivity contribution in [3.8, 4) is 11.4 Å². The van der Waals surface area contributed by atoms with Crippen LogP contribution in [0.25, 0.3) is 16.6 Å². The lowest BCUT2D eigenvalue weighted by Crippen LogP contribution is -2.50. The van der Waals surface area contributed by atoms with Gasteiger partial charge >= 0.3 is 6.09 Å². The zero-order chi connectivity index (χ0) is 24.0. The number of benzene rings is 2. The first-order chi connectivity index (χ1) is 16.3. The number of ether oxygens (including phenoxy) is 1. The van der Waals surface area contributed by atoms with E-state index in [4.69, 9.17) is 4.74 Å². The molecule has 0 saturated carbocycles. The van der Waals surface area contributed by atoms with Gasteiger partial charge in [0, 0.05) is 36.9 Å². The Bertz CT molecular complexity index is 1450. The highest BCUT2D eigenvalue weighted by Crippen LogP contribution is 2.40. The molecule has 174 valence electrons. The first-order valence-corrected chi connectivity index (χ1v) is 11.3. The molecule has 0 fully saturated rings. The average Bonchev–Trinajstić information content (AvgIpc) is 3.10. The van der Waals surface area contributed by atoms with Gasteiger partial charge in [0.05, 0.1) is 16.7 Å². The second kappa shape index (κ2) is 8.09. The summed E-state index contributed by atoms with van der Waals surface area (Å²) in [5.74, 6) is 0.524. The molecular weight excluding hydrogens is 430 g/mol. The van der Waals surface area contributed by atoms with Gasteiger partial charge < -0.3 is 14.4 Å². The van der Waals surface area contributed by atoms with Gasteiger partial charge in [0.1, 0.15) is 12.4 Å². The molecule has 7 nitrogen and oxygen atoms in total. The van der Waals surface area contributed by atoms with Crippen LogP contribution in [0.2, 0.25) is 0 Å². The lowest BCUT2D eigenvalue weighted by molar-refractivity contribution is 0.0817. The van der Waals surface area contributed by atoms with Gasteiger partial charge in [-0.1, -0.05) is 36.4 Å². The standard InChI is InChI=1S/C27H27N3O4/c1-27(2)25-22(12-14-30(27)26(32)33)21-10-9-19(15-23(21)28(25)3)29-13-11-20(16-24(29)31)34-17-18-7-5-4-6-8-18/h4-11,13,15-16H,12,14,17H2,1-3H3,(H,32,33). The van der Waals surface area contributed by atoms with Crippen LogP contribution in [-0.2, 0) is 25.6 Å². The Morgan fingerprint density at radius 2 is 1.85 bits per heavy atom. The molecule has 1 aliphatic heterocycles. The minimum atomic E-state index is -0.914. The molecule has 0 atom stereocenters. The van der Waals surface area contributed by atoms with E-state index in [0.717, 1.165) is 27.8 Å². The van der Waals surface area contributed by atoms with Crippen molar-refractivity contribution in [3.63, 3.8) is 0 Å². The maximum absolute atomic E-state index is 12.9. The molecule has 34 heavy (non-hydrogen) atoms. The quantitative estimate of drug-likeness (QED) is 0.483. The van der Waals surface area contributed by atoms with Crippen molar-refractivity contribution >= 4 is 17.0 Å². The number of carbonyl (C=O) groups is 1. The molecule has 2 aromatic heterocycles. The minimum absolute atomic E-state index is 0.179. The number of nitrogens with zero attached hydrogens (tertiary/aromatic N) is 3. The first kappa shape index (κ1) is 21.8. The molecule has 4 aromatic rings. The van der Waals surface area contributed by atoms with E-state index in [1.54, 1.807) is 16.8 Å². The van der Waals surface area contributed by atoms with Crippen molar-refractivity contribution in [2.75, 3.05) is 6.54 Å². The topological polar surface area (TPSA) is 76.7 Å². The minimum Gasteiger partial charge on any atom is -0.489 e. The monoisotopic (exact) mass is 457 g/mol. The van der Waals surface area contributed by atoms with E-state index in [2.05, 4.69) is 4.57 Å². The van der Waals surface area contributed by atoms with E-state index >= 15 is 0 Å². The number of aryl methyl sites for hydroxylation is 1. The number of hydrogen-bond donors (Lipinski definition) is 1. The molecule has 0 aliphatic carbocycles. The van der Waals surface area contributed by atoms with Gasteiger partial charge in [-0.25, -0.2) is 4.79 Å².